The van der Waals surface area contributed by atoms with E-state index in [9.17, 15) is 35.1 Å². The number of aliphatic hydroxyl groups is 5. The van der Waals surface area contributed by atoms with E-state index in [1.807, 2.05) is 44.2 Å². The van der Waals surface area contributed by atoms with Gasteiger partial charge in [0, 0.05) is 71.0 Å². The Morgan fingerprint density at radius 3 is 2.33 bits per heavy atom. The molecular weight excluding hydrogens is 909 g/mol. The normalized spacial score (nSPS) is 45.1. The maximum Gasteiger partial charge on any atom is 0.335 e. The summed E-state index contributed by atoms with van der Waals surface area (Å²) in [5.41, 5.74) is 0. The summed E-state index contributed by atoms with van der Waals surface area (Å²) in [5.74, 6) is -4.99. The molecule has 0 aromatic rings. The Labute approximate surface area is 414 Å². The topological polar surface area (TPSA) is 228 Å². The number of hydrogen-bond acceptors (Lipinski definition) is 17. The second kappa shape index (κ2) is 24.8. The van der Waals surface area contributed by atoms with E-state index in [0.717, 1.165) is 12.8 Å². The number of methoxy groups -OCH3 is 3. The third kappa shape index (κ3) is 13.9. The maximum atomic E-state index is 13.9. The zero-order chi connectivity index (χ0) is 50.2. The number of carbonyl (C=O) groups excluding carboxylic acids is 2. The van der Waals surface area contributed by atoms with Crippen molar-refractivity contribution in [3.05, 3.63) is 36.5 Å². The van der Waals surface area contributed by atoms with Gasteiger partial charge in [0.1, 0.15) is 24.4 Å². The summed E-state index contributed by atoms with van der Waals surface area (Å²) < 4.78 is 63.6. The van der Waals surface area contributed by atoms with Gasteiger partial charge in [-0.25, -0.2) is 4.79 Å². The smallest absolute Gasteiger partial charge is 0.335 e. The lowest BCUT2D eigenvalue weighted by Crippen LogP contribution is -2.59. The van der Waals surface area contributed by atoms with Gasteiger partial charge in [0.25, 0.3) is 0 Å². The van der Waals surface area contributed by atoms with E-state index in [2.05, 4.69) is 11.7 Å². The Bertz CT molecular complexity index is 1780. The number of fused-ring (bicyclic) bond motifs is 6. The quantitative estimate of drug-likeness (QED) is 0.144. The molecule has 0 aliphatic carbocycles. The van der Waals surface area contributed by atoms with Crippen molar-refractivity contribution < 1.29 is 82.5 Å². The van der Waals surface area contributed by atoms with Crippen molar-refractivity contribution >= 4 is 11.9 Å². The van der Waals surface area contributed by atoms with Crippen LogP contribution in [0, 0.1) is 17.8 Å². The average molecular weight is 993 g/mol. The van der Waals surface area contributed by atoms with Gasteiger partial charge < -0.3 is 72.9 Å². The Hall–Kier alpha value is -2.36. The highest BCUT2D eigenvalue weighted by Gasteiger charge is 2.60. The molecule has 7 aliphatic heterocycles. The van der Waals surface area contributed by atoms with Gasteiger partial charge in [-0.1, -0.05) is 51.2 Å². The van der Waals surface area contributed by atoms with Crippen molar-refractivity contribution in [3.63, 3.8) is 0 Å². The fraction of sp³-hybridized carbons (Fsp3) is 0.849. The lowest BCUT2D eigenvalue weighted by Gasteiger charge is -2.53. The standard InChI is InChI=1S/C53H84O17/c1-32-19-22-51-24-21-43(62-5)49(69-51)48(59)47(58)33(2)17-18-39-28-40(61-4)30-52(66-39)23-20-34(3)53(70-52)31-45(42(68-53)16-11-9-7-8-10-15-41(56)50(60)63-6)65-46(57)29-38-14-12-13-37(64-38)26-35(54)25-36(55)27-44(32)67-51/h8-11,19,22,32-45,47-49,54-56,58-59H,7,12-18,20-21,23-31H2,1-6H3/b10-8-,11-9+/t32-,33-,34-,35-,36-,37-,38+,39+,40-,41+,42-,43-,44+,45-,47-,48-,49-,51-,52+,53+/m0/s1. The van der Waals surface area contributed by atoms with Crippen LogP contribution in [0.2, 0.25) is 0 Å². The van der Waals surface area contributed by atoms with Gasteiger partial charge in [0.05, 0.1) is 68.5 Å². The first-order valence-electron chi connectivity index (χ1n) is 26.3. The number of esters is 2. The summed E-state index contributed by atoms with van der Waals surface area (Å²) >= 11 is 0. The molecule has 9 bridgehead atoms. The van der Waals surface area contributed by atoms with E-state index >= 15 is 0 Å². The van der Waals surface area contributed by atoms with Crippen molar-refractivity contribution in [3.8, 4) is 0 Å². The first-order chi connectivity index (χ1) is 33.5. The van der Waals surface area contributed by atoms with Gasteiger partial charge in [-0.2, -0.15) is 0 Å². The van der Waals surface area contributed by atoms with E-state index in [1.54, 1.807) is 20.3 Å². The number of rotatable bonds is 9. The molecule has 7 heterocycles. The van der Waals surface area contributed by atoms with Crippen LogP contribution in [0.5, 0.6) is 0 Å². The molecule has 0 radical (unpaired) electrons. The van der Waals surface area contributed by atoms with Crippen LogP contribution in [0.25, 0.3) is 0 Å². The highest BCUT2D eigenvalue weighted by Crippen LogP contribution is 2.53. The summed E-state index contributed by atoms with van der Waals surface area (Å²) in [7, 11) is 4.50. The molecule has 0 unspecified atom stereocenters. The molecule has 0 saturated carbocycles. The summed E-state index contributed by atoms with van der Waals surface area (Å²) in [6, 6.07) is 0. The number of aliphatic hydroxyl groups excluding tert-OH is 5. The fourth-order valence-corrected chi connectivity index (χ4v) is 11.9. The minimum atomic E-state index is -1.30. The predicted molar refractivity (Wildman–Crippen MR) is 254 cm³/mol. The van der Waals surface area contributed by atoms with Crippen LogP contribution in [0.1, 0.15) is 143 Å². The Balaban J connectivity index is 1.11. The third-order valence-corrected chi connectivity index (χ3v) is 16.2. The molecule has 0 aromatic heterocycles. The highest BCUT2D eigenvalue weighted by molar-refractivity contribution is 5.74. The summed E-state index contributed by atoms with van der Waals surface area (Å²) in [6.45, 7) is 6.01. The van der Waals surface area contributed by atoms with Crippen molar-refractivity contribution in [2.75, 3.05) is 21.3 Å². The van der Waals surface area contributed by atoms with Crippen LogP contribution in [0.4, 0.5) is 0 Å². The zero-order valence-electron chi connectivity index (χ0n) is 42.3. The summed E-state index contributed by atoms with van der Waals surface area (Å²) in [6.07, 6.45) is 10.4. The molecule has 70 heavy (non-hydrogen) atoms. The van der Waals surface area contributed by atoms with Gasteiger partial charge in [0.2, 0.25) is 0 Å². The van der Waals surface area contributed by atoms with E-state index in [1.165, 1.54) is 7.11 Å². The van der Waals surface area contributed by atoms with Gasteiger partial charge in [-0.15, -0.1) is 0 Å². The molecule has 0 amide bonds. The van der Waals surface area contributed by atoms with E-state index in [0.29, 0.717) is 77.0 Å². The third-order valence-electron chi connectivity index (χ3n) is 16.2. The van der Waals surface area contributed by atoms with Crippen LogP contribution >= 0.6 is 0 Å². The number of carbonyl (C=O) groups is 2. The van der Waals surface area contributed by atoms with Crippen LogP contribution in [0.3, 0.4) is 0 Å². The fourth-order valence-electron chi connectivity index (χ4n) is 11.9. The largest absolute Gasteiger partial charge is 0.467 e. The monoisotopic (exact) mass is 993 g/mol. The second-order valence-electron chi connectivity index (χ2n) is 21.5. The molecule has 5 N–H and O–H groups in total. The molecule has 7 rings (SSSR count). The summed E-state index contributed by atoms with van der Waals surface area (Å²) in [4.78, 5) is 25.5. The minimum Gasteiger partial charge on any atom is -0.467 e. The lowest BCUT2D eigenvalue weighted by atomic mass is 9.82. The van der Waals surface area contributed by atoms with Gasteiger partial charge in [-0.05, 0) is 82.6 Å². The number of allylic oxidation sites excluding steroid dienone is 2. The molecule has 7 aliphatic rings. The maximum absolute atomic E-state index is 13.9. The summed E-state index contributed by atoms with van der Waals surface area (Å²) in [5, 5.41) is 56.2. The van der Waals surface area contributed by atoms with E-state index < -0.39 is 96.4 Å². The second-order valence-corrected chi connectivity index (χ2v) is 21.5. The Morgan fingerprint density at radius 1 is 0.786 bits per heavy atom. The average Bonchev–Trinajstić information content (AvgIpc) is 3.67. The Morgan fingerprint density at radius 2 is 1.56 bits per heavy atom. The molecule has 17 nitrogen and oxygen atoms in total. The minimum absolute atomic E-state index is 0.0362. The molecule has 6 saturated heterocycles. The van der Waals surface area contributed by atoms with Crippen molar-refractivity contribution in [2.24, 2.45) is 17.8 Å². The number of hydrogen-bond donors (Lipinski definition) is 5. The molecule has 20 atom stereocenters. The lowest BCUT2D eigenvalue weighted by molar-refractivity contribution is -0.414. The molecule has 0 aromatic carbocycles. The van der Waals surface area contributed by atoms with Gasteiger partial charge >= 0.3 is 11.9 Å². The zero-order valence-corrected chi connectivity index (χ0v) is 42.3. The van der Waals surface area contributed by atoms with Gasteiger partial charge in [-0.3, -0.25) is 4.79 Å². The molecular formula is C53H84O17. The van der Waals surface area contributed by atoms with Crippen LogP contribution in [-0.4, -0.2) is 162 Å². The van der Waals surface area contributed by atoms with Crippen molar-refractivity contribution in [1.29, 1.82) is 0 Å². The highest BCUT2D eigenvalue weighted by atomic mass is 16.8. The van der Waals surface area contributed by atoms with E-state index in [-0.39, 0.29) is 68.2 Å². The number of ether oxygens (including phenoxy) is 10. The molecule has 3 spiro atoms. The van der Waals surface area contributed by atoms with Crippen molar-refractivity contribution in [1.82, 2.24) is 0 Å². The molecule has 17 heteroatoms. The SMILES string of the molecule is COC(=O)[C@H](O)C/C=C\C/C=C/C[C@@H]1O[C@@]23C[C@@H]1OC(=O)C[C@H]1CCC[C@@H](C[C@@H](O)C[C@H](O)C[C@H]4O[C@]5(C=C[C@@H]4C)CC[C@H](OC)[C@H](O5)[C@@H](O)[C@@H](O)[C@@H](C)CC[C@@H]4C[C@H](OC)C[C@](CC[C@@H]2C)(O4)O3)O1. The van der Waals surface area contributed by atoms with E-state index in [4.69, 9.17) is 42.6 Å². The van der Waals surface area contributed by atoms with Gasteiger partial charge in [0.15, 0.2) is 23.5 Å². The van der Waals surface area contributed by atoms with Crippen LogP contribution in [-0.2, 0) is 57.0 Å². The first kappa shape index (κ1) is 55.4. The van der Waals surface area contributed by atoms with Crippen molar-refractivity contribution in [2.45, 2.75) is 246 Å². The molecule has 398 valence electrons. The van der Waals surface area contributed by atoms with Crippen LogP contribution < -0.4 is 0 Å². The first-order valence-corrected chi connectivity index (χ1v) is 26.3. The molecule has 6 fully saturated rings. The van der Waals surface area contributed by atoms with Crippen LogP contribution in [0.15, 0.2) is 36.5 Å². The Kier molecular flexibility index (Phi) is 19.6. The predicted octanol–water partition coefficient (Wildman–Crippen LogP) is 5.39.